The number of aromatic nitrogens is 1. The third-order valence-corrected chi connectivity index (χ3v) is 6.10. The highest BCUT2D eigenvalue weighted by Gasteiger charge is 2.70. The average molecular weight is 338 g/mol. The molecule has 0 radical (unpaired) electrons. The summed E-state index contributed by atoms with van der Waals surface area (Å²) in [5.41, 5.74) is 5.14. The SMILES string of the molecule is CCOC1(OCC)C2c3ccccc3C([n+]3c(C)cccc32)C1(C)C. The lowest BCUT2D eigenvalue weighted by Crippen LogP contribution is -2.72. The number of hydrogen-bond acceptors (Lipinski definition) is 2. The lowest BCUT2D eigenvalue weighted by molar-refractivity contribution is -0.760. The van der Waals surface area contributed by atoms with E-state index in [4.69, 9.17) is 9.47 Å². The first-order valence-corrected chi connectivity index (χ1v) is 9.37. The van der Waals surface area contributed by atoms with Gasteiger partial charge in [0.15, 0.2) is 23.2 Å². The van der Waals surface area contributed by atoms with E-state index >= 15 is 0 Å². The first-order valence-electron chi connectivity index (χ1n) is 9.37. The Labute approximate surface area is 150 Å². The minimum absolute atomic E-state index is 0.0727. The molecule has 0 fully saturated rings. The molecule has 2 unspecified atom stereocenters. The molecule has 0 spiro atoms. The molecule has 2 bridgehead atoms. The van der Waals surface area contributed by atoms with Gasteiger partial charge in [0.2, 0.25) is 0 Å². The molecule has 1 aromatic carbocycles. The van der Waals surface area contributed by atoms with Crippen molar-refractivity contribution >= 4 is 0 Å². The standard InChI is InChI=1S/C22H28NO2/c1-6-24-22(25-7-2)19-16-12-8-9-13-17(16)20(21(22,4)5)23-15(3)11-10-14-18(19)23/h8-14,19-20H,6-7H2,1-5H3/q+1. The van der Waals surface area contributed by atoms with Crippen LogP contribution in [0, 0.1) is 12.3 Å². The van der Waals surface area contributed by atoms with E-state index in [-0.39, 0.29) is 17.4 Å². The molecule has 132 valence electrons. The van der Waals surface area contributed by atoms with E-state index in [1.807, 2.05) is 0 Å². The minimum Gasteiger partial charge on any atom is -0.348 e. The Morgan fingerprint density at radius 2 is 1.56 bits per heavy atom. The zero-order chi connectivity index (χ0) is 17.8. The van der Waals surface area contributed by atoms with Gasteiger partial charge in [-0.2, -0.15) is 4.57 Å². The maximum atomic E-state index is 6.48. The van der Waals surface area contributed by atoms with Gasteiger partial charge < -0.3 is 9.47 Å². The maximum absolute atomic E-state index is 6.48. The largest absolute Gasteiger partial charge is 0.348 e. The summed E-state index contributed by atoms with van der Waals surface area (Å²) in [4.78, 5) is 0. The van der Waals surface area contributed by atoms with Crippen molar-refractivity contribution in [3.63, 3.8) is 0 Å². The van der Waals surface area contributed by atoms with Gasteiger partial charge in [0, 0.05) is 37.8 Å². The third-order valence-electron chi connectivity index (χ3n) is 6.10. The zero-order valence-electron chi connectivity index (χ0n) is 15.9. The summed E-state index contributed by atoms with van der Waals surface area (Å²) in [6.45, 7) is 12.2. The fraction of sp³-hybridized carbons (Fsp3) is 0.500. The number of aryl methyl sites for hydroxylation is 1. The highest BCUT2D eigenvalue weighted by molar-refractivity contribution is 5.46. The second-order valence-electron chi connectivity index (χ2n) is 7.68. The molecule has 3 nitrogen and oxygen atoms in total. The van der Waals surface area contributed by atoms with Gasteiger partial charge in [-0.25, -0.2) is 0 Å². The van der Waals surface area contributed by atoms with Gasteiger partial charge in [0.1, 0.15) is 5.92 Å². The molecule has 2 aromatic rings. The zero-order valence-corrected chi connectivity index (χ0v) is 15.9. The van der Waals surface area contributed by atoms with Crippen LogP contribution in [-0.4, -0.2) is 19.0 Å². The Morgan fingerprint density at radius 3 is 2.20 bits per heavy atom. The summed E-state index contributed by atoms with van der Waals surface area (Å²) in [6, 6.07) is 15.6. The molecule has 0 amide bonds. The van der Waals surface area contributed by atoms with E-state index in [0.717, 1.165) is 0 Å². The molecule has 3 aliphatic rings. The normalized spacial score (nSPS) is 24.7. The molecule has 0 N–H and O–H groups in total. The van der Waals surface area contributed by atoms with Crippen molar-refractivity contribution in [1.82, 2.24) is 0 Å². The van der Waals surface area contributed by atoms with Crippen LogP contribution in [0.4, 0.5) is 0 Å². The molecule has 3 heteroatoms. The van der Waals surface area contributed by atoms with Crippen LogP contribution in [0.15, 0.2) is 42.5 Å². The molecule has 25 heavy (non-hydrogen) atoms. The van der Waals surface area contributed by atoms with Crippen LogP contribution in [-0.2, 0) is 9.47 Å². The lowest BCUT2D eigenvalue weighted by atomic mass is 9.57. The summed E-state index contributed by atoms with van der Waals surface area (Å²) in [7, 11) is 0. The molecule has 2 aliphatic heterocycles. The Kier molecular flexibility index (Phi) is 3.78. The van der Waals surface area contributed by atoms with Crippen LogP contribution in [0.5, 0.6) is 0 Å². The Bertz CT molecular complexity index is 805. The van der Waals surface area contributed by atoms with E-state index < -0.39 is 5.79 Å². The average Bonchev–Trinajstić information content (AvgIpc) is 2.58. The molecule has 0 saturated heterocycles. The second kappa shape index (κ2) is 5.65. The van der Waals surface area contributed by atoms with E-state index in [9.17, 15) is 0 Å². The molecular formula is C22H28NO2+. The first kappa shape index (κ1) is 16.7. The maximum Gasteiger partial charge on any atom is 0.196 e. The van der Waals surface area contributed by atoms with Gasteiger partial charge in [-0.1, -0.05) is 24.3 Å². The number of benzene rings is 1. The van der Waals surface area contributed by atoms with Crippen molar-refractivity contribution in [3.05, 3.63) is 65.0 Å². The first-order chi connectivity index (χ1) is 12.0. The summed E-state index contributed by atoms with van der Waals surface area (Å²) in [5.74, 6) is -0.577. The van der Waals surface area contributed by atoms with Crippen molar-refractivity contribution in [3.8, 4) is 0 Å². The van der Waals surface area contributed by atoms with Crippen molar-refractivity contribution in [1.29, 1.82) is 0 Å². The number of pyridine rings is 1. The highest BCUT2D eigenvalue weighted by atomic mass is 16.7. The van der Waals surface area contributed by atoms with Crippen LogP contribution < -0.4 is 4.57 Å². The summed E-state index contributed by atoms with van der Waals surface area (Å²) < 4.78 is 15.5. The van der Waals surface area contributed by atoms with Gasteiger partial charge in [0.05, 0.1) is 5.41 Å². The van der Waals surface area contributed by atoms with Gasteiger partial charge in [0.25, 0.3) is 0 Å². The van der Waals surface area contributed by atoms with E-state index in [1.165, 1.54) is 22.5 Å². The Morgan fingerprint density at radius 1 is 0.920 bits per heavy atom. The van der Waals surface area contributed by atoms with Crippen LogP contribution in [0.3, 0.4) is 0 Å². The van der Waals surface area contributed by atoms with Crippen LogP contribution in [0.2, 0.25) is 0 Å². The van der Waals surface area contributed by atoms with Crippen molar-refractivity contribution in [2.24, 2.45) is 5.41 Å². The number of fused-ring (bicyclic) bond motifs is 1. The number of hydrogen-bond donors (Lipinski definition) is 0. The van der Waals surface area contributed by atoms with Gasteiger partial charge in [-0.15, -0.1) is 0 Å². The van der Waals surface area contributed by atoms with Crippen LogP contribution in [0.25, 0.3) is 0 Å². The van der Waals surface area contributed by atoms with Gasteiger partial charge in [-0.3, -0.25) is 0 Å². The molecule has 1 aromatic heterocycles. The predicted molar refractivity (Wildman–Crippen MR) is 97.6 cm³/mol. The second-order valence-corrected chi connectivity index (χ2v) is 7.68. The number of nitrogens with zero attached hydrogens (tertiary/aromatic N) is 1. The smallest absolute Gasteiger partial charge is 0.196 e. The fourth-order valence-corrected chi connectivity index (χ4v) is 5.24. The van der Waals surface area contributed by atoms with E-state index in [1.54, 1.807) is 0 Å². The van der Waals surface area contributed by atoms with Gasteiger partial charge in [-0.05, 0) is 39.3 Å². The molecule has 0 saturated carbocycles. The summed E-state index contributed by atoms with van der Waals surface area (Å²) >= 11 is 0. The van der Waals surface area contributed by atoms with E-state index in [2.05, 4.69) is 81.7 Å². The topological polar surface area (TPSA) is 22.3 Å². The molecule has 3 heterocycles. The van der Waals surface area contributed by atoms with Crippen LogP contribution >= 0.6 is 0 Å². The van der Waals surface area contributed by atoms with Crippen molar-refractivity contribution in [2.75, 3.05) is 13.2 Å². The monoisotopic (exact) mass is 338 g/mol. The predicted octanol–water partition coefficient (Wildman–Crippen LogP) is 4.13. The lowest BCUT2D eigenvalue weighted by Gasteiger charge is -2.57. The molecule has 5 rings (SSSR count). The minimum atomic E-state index is -0.649. The third kappa shape index (κ3) is 1.97. The highest BCUT2D eigenvalue weighted by Crippen LogP contribution is 2.61. The number of ether oxygens (including phenoxy) is 2. The van der Waals surface area contributed by atoms with Gasteiger partial charge >= 0.3 is 0 Å². The van der Waals surface area contributed by atoms with E-state index in [0.29, 0.717) is 13.2 Å². The van der Waals surface area contributed by atoms with Crippen molar-refractivity contribution < 1.29 is 14.0 Å². The molecular weight excluding hydrogens is 310 g/mol. The summed E-state index contributed by atoms with van der Waals surface area (Å²) in [5, 5.41) is 0. The Hall–Kier alpha value is -1.71. The quantitative estimate of drug-likeness (QED) is 0.618. The molecule has 2 atom stereocenters. The number of rotatable bonds is 4. The Balaban J connectivity index is 2.10. The summed E-state index contributed by atoms with van der Waals surface area (Å²) in [6.07, 6.45) is 0. The van der Waals surface area contributed by atoms with Crippen LogP contribution in [0.1, 0.15) is 62.2 Å². The van der Waals surface area contributed by atoms with Crippen molar-refractivity contribution in [2.45, 2.75) is 52.4 Å². The molecule has 1 aliphatic carbocycles. The fourth-order valence-electron chi connectivity index (χ4n) is 5.24.